The average Bonchev–Trinajstić information content (AvgIpc) is 2.70. The maximum atomic E-state index is 10.1. The highest BCUT2D eigenvalue weighted by Gasteiger charge is 2.32. The second-order valence-electron chi connectivity index (χ2n) is 4.77. The Morgan fingerprint density at radius 2 is 2.19 bits per heavy atom. The van der Waals surface area contributed by atoms with E-state index in [4.69, 9.17) is 16.3 Å². The third-order valence-electron chi connectivity index (χ3n) is 3.70. The van der Waals surface area contributed by atoms with Gasteiger partial charge in [-0.3, -0.25) is 0 Å². The van der Waals surface area contributed by atoms with Gasteiger partial charge in [-0.1, -0.05) is 18.5 Å². The minimum Gasteiger partial charge on any atom is -0.493 e. The van der Waals surface area contributed by atoms with Crippen LogP contribution < -0.4 is 4.74 Å². The number of aliphatic hydroxyl groups excluding tert-OH is 1. The van der Waals surface area contributed by atoms with Crippen molar-refractivity contribution in [1.29, 1.82) is 0 Å². The predicted octanol–water partition coefficient (Wildman–Crippen LogP) is 3.21. The van der Waals surface area contributed by atoms with E-state index in [1.54, 1.807) is 0 Å². The van der Waals surface area contributed by atoms with Gasteiger partial charge < -0.3 is 9.84 Å². The van der Waals surface area contributed by atoms with E-state index in [-0.39, 0.29) is 0 Å². The van der Waals surface area contributed by atoms with Gasteiger partial charge in [-0.25, -0.2) is 0 Å². The fraction of sp³-hybridized carbons (Fsp3) is 0.538. The van der Waals surface area contributed by atoms with Crippen LogP contribution >= 0.6 is 11.6 Å². The predicted molar refractivity (Wildman–Crippen MR) is 63.3 cm³/mol. The normalized spacial score (nSPS) is 27.2. The van der Waals surface area contributed by atoms with Gasteiger partial charge in [-0.15, -0.1) is 0 Å². The Labute approximate surface area is 100 Å². The van der Waals surface area contributed by atoms with Crippen molar-refractivity contribution in [2.45, 2.75) is 38.2 Å². The van der Waals surface area contributed by atoms with Gasteiger partial charge in [0, 0.05) is 22.6 Å². The molecule has 0 saturated carbocycles. The Kier molecular flexibility index (Phi) is 2.37. The van der Waals surface area contributed by atoms with E-state index in [9.17, 15) is 5.11 Å². The lowest BCUT2D eigenvalue weighted by molar-refractivity contribution is 0.150. The highest BCUT2D eigenvalue weighted by molar-refractivity contribution is 6.31. The molecule has 0 aromatic heterocycles. The molecular formula is C13H15ClO2. The second-order valence-corrected chi connectivity index (χ2v) is 5.17. The van der Waals surface area contributed by atoms with Gasteiger partial charge >= 0.3 is 0 Å². The summed E-state index contributed by atoms with van der Waals surface area (Å²) in [6.07, 6.45) is 2.32. The molecule has 1 aliphatic carbocycles. The molecule has 0 amide bonds. The summed E-state index contributed by atoms with van der Waals surface area (Å²) < 4.78 is 5.70. The number of aliphatic hydroxyl groups is 1. The first-order valence-corrected chi connectivity index (χ1v) is 6.22. The Balaban J connectivity index is 2.27. The first-order valence-electron chi connectivity index (χ1n) is 5.84. The summed E-state index contributed by atoms with van der Waals surface area (Å²) in [6, 6.07) is 1.96. The van der Waals surface area contributed by atoms with Gasteiger partial charge in [0.2, 0.25) is 0 Å². The Morgan fingerprint density at radius 3 is 3.00 bits per heavy atom. The van der Waals surface area contributed by atoms with Crippen molar-refractivity contribution in [3.05, 3.63) is 27.8 Å². The van der Waals surface area contributed by atoms with Crippen LogP contribution in [0.4, 0.5) is 0 Å². The third-order valence-corrected chi connectivity index (χ3v) is 4.01. The van der Waals surface area contributed by atoms with Crippen LogP contribution in [0.2, 0.25) is 5.02 Å². The second kappa shape index (κ2) is 3.64. The highest BCUT2D eigenvalue weighted by atomic mass is 35.5. The summed E-state index contributed by atoms with van der Waals surface area (Å²) in [6.45, 7) is 2.92. The lowest BCUT2D eigenvalue weighted by Crippen LogP contribution is -2.14. The van der Waals surface area contributed by atoms with Crippen molar-refractivity contribution >= 4 is 11.6 Å². The lowest BCUT2D eigenvalue weighted by Gasteiger charge is -2.29. The Morgan fingerprint density at radius 1 is 1.38 bits per heavy atom. The molecule has 1 aromatic carbocycles. The van der Waals surface area contributed by atoms with Crippen molar-refractivity contribution < 1.29 is 9.84 Å². The summed E-state index contributed by atoms with van der Waals surface area (Å²) >= 11 is 6.27. The molecule has 1 N–H and O–H groups in total. The van der Waals surface area contributed by atoms with Gasteiger partial charge in [0.05, 0.1) is 12.7 Å². The van der Waals surface area contributed by atoms with E-state index in [0.29, 0.717) is 10.9 Å². The minimum absolute atomic E-state index is 0.423. The topological polar surface area (TPSA) is 29.5 Å². The van der Waals surface area contributed by atoms with E-state index in [1.807, 2.05) is 6.07 Å². The van der Waals surface area contributed by atoms with Crippen molar-refractivity contribution in [1.82, 2.24) is 0 Å². The van der Waals surface area contributed by atoms with Crippen LogP contribution in [0.3, 0.4) is 0 Å². The van der Waals surface area contributed by atoms with Crippen LogP contribution in [0.5, 0.6) is 5.75 Å². The van der Waals surface area contributed by atoms with Crippen molar-refractivity contribution in [3.8, 4) is 5.75 Å². The van der Waals surface area contributed by atoms with E-state index < -0.39 is 6.10 Å². The Bertz CT molecular complexity index is 442. The van der Waals surface area contributed by atoms with Crippen LogP contribution in [0, 0.1) is 0 Å². The molecule has 1 aliphatic heterocycles. The molecule has 0 bridgehead atoms. The zero-order chi connectivity index (χ0) is 11.3. The SMILES string of the molecule is CC1CC[C@@H](O)c2c(Cl)cc3c(c21)OCC3. The number of hydrogen-bond acceptors (Lipinski definition) is 2. The number of rotatable bonds is 0. The summed E-state index contributed by atoms with van der Waals surface area (Å²) in [4.78, 5) is 0. The summed E-state index contributed by atoms with van der Waals surface area (Å²) in [5, 5.41) is 10.8. The molecule has 0 spiro atoms. The van der Waals surface area contributed by atoms with Crippen LogP contribution in [0.25, 0.3) is 0 Å². The largest absolute Gasteiger partial charge is 0.493 e. The van der Waals surface area contributed by atoms with E-state index in [0.717, 1.165) is 42.7 Å². The van der Waals surface area contributed by atoms with Crippen molar-refractivity contribution in [2.24, 2.45) is 0 Å². The molecule has 0 saturated heterocycles. The number of halogens is 1. The molecule has 1 aromatic rings. The molecule has 0 fully saturated rings. The first-order chi connectivity index (χ1) is 7.68. The molecule has 2 nitrogen and oxygen atoms in total. The summed E-state index contributed by atoms with van der Waals surface area (Å²) in [5.41, 5.74) is 3.25. The maximum Gasteiger partial charge on any atom is 0.126 e. The standard InChI is InChI=1S/C13H15ClO2/c1-7-2-3-10(15)12-9(14)6-8-4-5-16-13(8)11(7)12/h6-7,10,15H,2-5H2,1H3/t7?,10-/m1/s1. The van der Waals surface area contributed by atoms with Gasteiger partial charge in [0.15, 0.2) is 0 Å². The zero-order valence-electron chi connectivity index (χ0n) is 9.29. The van der Waals surface area contributed by atoms with Crippen molar-refractivity contribution in [3.63, 3.8) is 0 Å². The van der Waals surface area contributed by atoms with Gasteiger partial charge in [0.25, 0.3) is 0 Å². The molecular weight excluding hydrogens is 224 g/mol. The third kappa shape index (κ3) is 1.36. The van der Waals surface area contributed by atoms with Gasteiger partial charge in [0.1, 0.15) is 5.75 Å². The summed E-state index contributed by atoms with van der Waals surface area (Å²) in [5.74, 6) is 1.43. The molecule has 86 valence electrons. The van der Waals surface area contributed by atoms with Crippen LogP contribution in [0.15, 0.2) is 6.07 Å². The monoisotopic (exact) mass is 238 g/mol. The van der Waals surface area contributed by atoms with E-state index in [1.165, 1.54) is 5.56 Å². The lowest BCUT2D eigenvalue weighted by atomic mass is 9.80. The fourth-order valence-electron chi connectivity index (χ4n) is 2.86. The van der Waals surface area contributed by atoms with Crippen LogP contribution in [-0.4, -0.2) is 11.7 Å². The highest BCUT2D eigenvalue weighted by Crippen LogP contribution is 2.48. The molecule has 3 heteroatoms. The number of benzene rings is 1. The fourth-order valence-corrected chi connectivity index (χ4v) is 3.22. The van der Waals surface area contributed by atoms with Crippen LogP contribution in [0.1, 0.15) is 48.5 Å². The Hall–Kier alpha value is -0.730. The molecule has 0 radical (unpaired) electrons. The van der Waals surface area contributed by atoms with E-state index >= 15 is 0 Å². The number of fused-ring (bicyclic) bond motifs is 3. The average molecular weight is 239 g/mol. The van der Waals surface area contributed by atoms with Crippen LogP contribution in [-0.2, 0) is 6.42 Å². The molecule has 2 atom stereocenters. The number of ether oxygens (including phenoxy) is 1. The molecule has 3 rings (SSSR count). The molecule has 1 heterocycles. The smallest absolute Gasteiger partial charge is 0.126 e. The van der Waals surface area contributed by atoms with Gasteiger partial charge in [-0.05, 0) is 30.4 Å². The first kappa shape index (κ1) is 10.4. The molecule has 1 unspecified atom stereocenters. The zero-order valence-corrected chi connectivity index (χ0v) is 10.0. The summed E-state index contributed by atoms with van der Waals surface area (Å²) in [7, 11) is 0. The molecule has 16 heavy (non-hydrogen) atoms. The number of hydrogen-bond donors (Lipinski definition) is 1. The molecule has 2 aliphatic rings. The quantitative estimate of drug-likeness (QED) is 0.752. The maximum absolute atomic E-state index is 10.1. The van der Waals surface area contributed by atoms with Gasteiger partial charge in [-0.2, -0.15) is 0 Å². The minimum atomic E-state index is -0.423. The van der Waals surface area contributed by atoms with Crippen molar-refractivity contribution in [2.75, 3.05) is 6.61 Å². The van der Waals surface area contributed by atoms with E-state index in [2.05, 4.69) is 6.92 Å².